The third kappa shape index (κ3) is 4.98. The first-order chi connectivity index (χ1) is 7.26. The van der Waals surface area contributed by atoms with Gasteiger partial charge in [-0.05, 0) is 51.4 Å². The number of nitrogens with one attached hydrogen (secondary N) is 1. The summed E-state index contributed by atoms with van der Waals surface area (Å²) in [4.78, 5) is 2.57. The van der Waals surface area contributed by atoms with E-state index in [0.29, 0.717) is 0 Å². The van der Waals surface area contributed by atoms with Gasteiger partial charge in [0, 0.05) is 6.04 Å². The summed E-state index contributed by atoms with van der Waals surface area (Å²) in [5.41, 5.74) is 0. The van der Waals surface area contributed by atoms with Crippen molar-refractivity contribution in [3.05, 3.63) is 0 Å². The van der Waals surface area contributed by atoms with Crippen LogP contribution in [0.2, 0.25) is 0 Å². The lowest BCUT2D eigenvalue weighted by Crippen LogP contribution is -2.33. The predicted molar refractivity (Wildman–Crippen MR) is 67.2 cm³/mol. The molecule has 0 aromatic carbocycles. The molecule has 1 saturated heterocycles. The van der Waals surface area contributed by atoms with Crippen LogP contribution in [-0.4, -0.2) is 37.1 Å². The van der Waals surface area contributed by atoms with E-state index in [0.717, 1.165) is 12.0 Å². The van der Waals surface area contributed by atoms with Crippen LogP contribution in [0.15, 0.2) is 0 Å². The highest BCUT2D eigenvalue weighted by Gasteiger charge is 2.15. The van der Waals surface area contributed by atoms with E-state index in [4.69, 9.17) is 0 Å². The van der Waals surface area contributed by atoms with Gasteiger partial charge in [0.1, 0.15) is 0 Å². The minimum Gasteiger partial charge on any atom is -0.314 e. The predicted octanol–water partition coefficient (Wildman–Crippen LogP) is 2.50. The highest BCUT2D eigenvalue weighted by Crippen LogP contribution is 2.11. The standard InChI is InChI=1S/C13H28N2/c1-4-12(3)11-14-13-7-6-9-15(5-2)10-8-13/h12-14H,4-11H2,1-3H3. The minimum absolute atomic E-state index is 0.774. The van der Waals surface area contributed by atoms with Gasteiger partial charge >= 0.3 is 0 Å². The maximum absolute atomic E-state index is 3.73. The molecule has 2 atom stereocenters. The molecule has 1 N–H and O–H groups in total. The number of hydrogen-bond acceptors (Lipinski definition) is 2. The Labute approximate surface area is 95.4 Å². The van der Waals surface area contributed by atoms with Crippen molar-refractivity contribution in [2.45, 2.75) is 52.5 Å². The molecular formula is C13H28N2. The van der Waals surface area contributed by atoms with Gasteiger partial charge in [0.05, 0.1) is 0 Å². The number of likely N-dealkylation sites (tertiary alicyclic amines) is 1. The molecule has 2 heteroatoms. The first-order valence-electron chi connectivity index (χ1n) is 6.72. The van der Waals surface area contributed by atoms with Crippen LogP contribution < -0.4 is 5.32 Å². The van der Waals surface area contributed by atoms with Crippen molar-refractivity contribution in [3.8, 4) is 0 Å². The lowest BCUT2D eigenvalue weighted by Gasteiger charge is -2.20. The molecule has 90 valence electrons. The lowest BCUT2D eigenvalue weighted by molar-refractivity contribution is 0.296. The van der Waals surface area contributed by atoms with Crippen molar-refractivity contribution in [2.75, 3.05) is 26.2 Å². The van der Waals surface area contributed by atoms with E-state index < -0.39 is 0 Å². The zero-order chi connectivity index (χ0) is 11.1. The highest BCUT2D eigenvalue weighted by atomic mass is 15.1. The largest absolute Gasteiger partial charge is 0.314 e. The van der Waals surface area contributed by atoms with Gasteiger partial charge in [0.15, 0.2) is 0 Å². The smallest absolute Gasteiger partial charge is 0.00798 e. The van der Waals surface area contributed by atoms with Gasteiger partial charge in [-0.1, -0.05) is 27.2 Å². The lowest BCUT2D eigenvalue weighted by atomic mass is 10.1. The van der Waals surface area contributed by atoms with Crippen LogP contribution in [-0.2, 0) is 0 Å². The minimum atomic E-state index is 0.774. The Balaban J connectivity index is 2.19. The average molecular weight is 212 g/mol. The Hall–Kier alpha value is -0.0800. The topological polar surface area (TPSA) is 15.3 Å². The van der Waals surface area contributed by atoms with E-state index in [1.165, 1.54) is 51.9 Å². The van der Waals surface area contributed by atoms with Gasteiger partial charge < -0.3 is 10.2 Å². The summed E-state index contributed by atoms with van der Waals surface area (Å²) in [6, 6.07) is 0.774. The van der Waals surface area contributed by atoms with Gasteiger partial charge in [-0.3, -0.25) is 0 Å². The molecule has 0 saturated carbocycles. The zero-order valence-electron chi connectivity index (χ0n) is 10.8. The maximum atomic E-state index is 3.73. The van der Waals surface area contributed by atoms with E-state index in [9.17, 15) is 0 Å². The van der Waals surface area contributed by atoms with E-state index in [2.05, 4.69) is 31.0 Å². The molecule has 1 rings (SSSR count). The summed E-state index contributed by atoms with van der Waals surface area (Å²) in [6.45, 7) is 11.9. The van der Waals surface area contributed by atoms with Crippen molar-refractivity contribution >= 4 is 0 Å². The second kappa shape index (κ2) is 7.24. The monoisotopic (exact) mass is 212 g/mol. The van der Waals surface area contributed by atoms with E-state index in [-0.39, 0.29) is 0 Å². The fourth-order valence-electron chi connectivity index (χ4n) is 2.19. The summed E-state index contributed by atoms with van der Waals surface area (Å²) in [6.07, 6.45) is 5.37. The maximum Gasteiger partial charge on any atom is 0.00798 e. The van der Waals surface area contributed by atoms with Crippen molar-refractivity contribution in [1.82, 2.24) is 10.2 Å². The van der Waals surface area contributed by atoms with Crippen molar-refractivity contribution in [1.29, 1.82) is 0 Å². The summed E-state index contributed by atoms with van der Waals surface area (Å²) < 4.78 is 0. The normalized spacial score (nSPS) is 26.2. The van der Waals surface area contributed by atoms with Crippen LogP contribution in [0.25, 0.3) is 0 Å². The molecule has 1 aliphatic heterocycles. The first kappa shape index (κ1) is 13.0. The number of hydrogen-bond donors (Lipinski definition) is 1. The quantitative estimate of drug-likeness (QED) is 0.753. The highest BCUT2D eigenvalue weighted by molar-refractivity contribution is 4.74. The molecule has 0 radical (unpaired) electrons. The van der Waals surface area contributed by atoms with Crippen LogP contribution in [0.1, 0.15) is 46.5 Å². The van der Waals surface area contributed by atoms with Crippen LogP contribution in [0.3, 0.4) is 0 Å². The molecule has 0 aromatic rings. The zero-order valence-corrected chi connectivity index (χ0v) is 10.8. The summed E-state index contributed by atoms with van der Waals surface area (Å²) in [5.74, 6) is 0.829. The third-order valence-corrected chi connectivity index (χ3v) is 3.72. The van der Waals surface area contributed by atoms with Crippen molar-refractivity contribution in [2.24, 2.45) is 5.92 Å². The molecule has 2 nitrogen and oxygen atoms in total. The molecule has 1 aliphatic rings. The fourth-order valence-corrected chi connectivity index (χ4v) is 2.19. The Kier molecular flexibility index (Phi) is 6.26. The molecule has 0 bridgehead atoms. The molecule has 0 aliphatic carbocycles. The molecule has 1 heterocycles. The van der Waals surface area contributed by atoms with Crippen LogP contribution in [0.5, 0.6) is 0 Å². The number of nitrogens with zero attached hydrogens (tertiary/aromatic N) is 1. The molecular weight excluding hydrogens is 184 g/mol. The fraction of sp³-hybridized carbons (Fsp3) is 1.00. The van der Waals surface area contributed by atoms with Gasteiger partial charge in [-0.2, -0.15) is 0 Å². The summed E-state index contributed by atoms with van der Waals surface area (Å²) in [7, 11) is 0. The van der Waals surface area contributed by atoms with Crippen LogP contribution >= 0.6 is 0 Å². The molecule has 0 spiro atoms. The van der Waals surface area contributed by atoms with Crippen molar-refractivity contribution < 1.29 is 0 Å². The molecule has 0 aromatic heterocycles. The van der Waals surface area contributed by atoms with Gasteiger partial charge in [0.2, 0.25) is 0 Å². The average Bonchev–Trinajstić information content (AvgIpc) is 2.50. The van der Waals surface area contributed by atoms with Crippen molar-refractivity contribution in [3.63, 3.8) is 0 Å². The van der Waals surface area contributed by atoms with Crippen LogP contribution in [0, 0.1) is 5.92 Å². The van der Waals surface area contributed by atoms with Gasteiger partial charge in [0.25, 0.3) is 0 Å². The van der Waals surface area contributed by atoms with Gasteiger partial charge in [-0.15, -0.1) is 0 Å². The Morgan fingerprint density at radius 2 is 2.07 bits per heavy atom. The van der Waals surface area contributed by atoms with Gasteiger partial charge in [-0.25, -0.2) is 0 Å². The molecule has 1 fully saturated rings. The summed E-state index contributed by atoms with van der Waals surface area (Å²) in [5, 5.41) is 3.73. The molecule has 0 amide bonds. The second-order valence-electron chi connectivity index (χ2n) is 4.98. The van der Waals surface area contributed by atoms with E-state index in [1.807, 2.05) is 0 Å². The van der Waals surface area contributed by atoms with E-state index >= 15 is 0 Å². The van der Waals surface area contributed by atoms with Crippen LogP contribution in [0.4, 0.5) is 0 Å². The SMILES string of the molecule is CCC(C)CNC1CCCN(CC)CC1. The Morgan fingerprint density at radius 1 is 1.27 bits per heavy atom. The molecule has 15 heavy (non-hydrogen) atoms. The second-order valence-corrected chi connectivity index (χ2v) is 4.98. The number of rotatable bonds is 5. The van der Waals surface area contributed by atoms with E-state index in [1.54, 1.807) is 0 Å². The Morgan fingerprint density at radius 3 is 2.73 bits per heavy atom. The first-order valence-corrected chi connectivity index (χ1v) is 6.72. The third-order valence-electron chi connectivity index (χ3n) is 3.72. The Bertz CT molecular complexity index is 159. The summed E-state index contributed by atoms with van der Waals surface area (Å²) >= 11 is 0. The molecule has 2 unspecified atom stereocenters.